The lowest BCUT2D eigenvalue weighted by molar-refractivity contribution is 0.864. The maximum Gasteiger partial charge on any atom is 0.272 e. The smallest absolute Gasteiger partial charge is 0.272 e. The summed E-state index contributed by atoms with van der Waals surface area (Å²) in [5, 5.41) is 20.3. The van der Waals surface area contributed by atoms with Gasteiger partial charge in [0.1, 0.15) is 11.6 Å². The summed E-state index contributed by atoms with van der Waals surface area (Å²) in [7, 11) is 0. The van der Waals surface area contributed by atoms with E-state index in [1.165, 1.54) is 10.6 Å². The predicted octanol–water partition coefficient (Wildman–Crippen LogP) is 0.269. The lowest BCUT2D eigenvalue weighted by atomic mass is 10.2. The molecule has 0 amide bonds. The van der Waals surface area contributed by atoms with E-state index in [1.807, 2.05) is 12.1 Å². The molecule has 0 aliphatic rings. The monoisotopic (exact) mass is 213 g/mol. The van der Waals surface area contributed by atoms with Gasteiger partial charge in [-0.1, -0.05) is 0 Å². The van der Waals surface area contributed by atoms with Crippen molar-refractivity contribution in [3.05, 3.63) is 33.4 Å². The fraction of sp³-hybridized carbons (Fsp3) is 0.200. The van der Waals surface area contributed by atoms with Crippen molar-refractivity contribution in [2.24, 2.45) is 0 Å². The van der Waals surface area contributed by atoms with Gasteiger partial charge in [-0.2, -0.15) is 15.0 Å². The number of aryl methyl sites for hydroxylation is 1. The molecular formula is C10H7N5O. The third-order valence-corrected chi connectivity index (χ3v) is 2.19. The highest BCUT2D eigenvalue weighted by atomic mass is 16.1. The molecular weight excluding hydrogens is 206 g/mol. The van der Waals surface area contributed by atoms with Gasteiger partial charge in [-0.15, -0.1) is 0 Å². The van der Waals surface area contributed by atoms with Crippen LogP contribution in [0.1, 0.15) is 17.0 Å². The van der Waals surface area contributed by atoms with E-state index in [0.29, 0.717) is 11.4 Å². The Labute approximate surface area is 90.4 Å². The summed E-state index contributed by atoms with van der Waals surface area (Å²) in [6, 6.07) is 5.24. The van der Waals surface area contributed by atoms with Gasteiger partial charge in [-0.25, -0.2) is 4.98 Å². The Balaban J connectivity index is 2.90. The number of nitrogens with one attached hydrogen (secondary N) is 1. The van der Waals surface area contributed by atoms with Gasteiger partial charge >= 0.3 is 0 Å². The molecule has 2 aromatic rings. The molecule has 0 aliphatic carbocycles. The van der Waals surface area contributed by atoms with Crippen LogP contribution in [-0.4, -0.2) is 14.6 Å². The maximum absolute atomic E-state index is 11.6. The number of hydrogen-bond acceptors (Lipinski definition) is 4. The van der Waals surface area contributed by atoms with Gasteiger partial charge in [-0.3, -0.25) is 9.89 Å². The van der Waals surface area contributed by atoms with Gasteiger partial charge in [0.25, 0.3) is 5.56 Å². The third kappa shape index (κ3) is 1.33. The highest BCUT2D eigenvalue weighted by Crippen LogP contribution is 2.11. The second kappa shape index (κ2) is 3.52. The average molecular weight is 213 g/mol. The summed E-state index contributed by atoms with van der Waals surface area (Å²) in [5.41, 5.74) is 1.20. The van der Waals surface area contributed by atoms with E-state index >= 15 is 0 Å². The summed E-state index contributed by atoms with van der Waals surface area (Å²) in [6.07, 6.45) is 0.0464. The highest BCUT2D eigenvalue weighted by Gasteiger charge is 2.13. The molecule has 0 spiro atoms. The first-order valence-electron chi connectivity index (χ1n) is 4.55. The molecule has 0 aromatic carbocycles. The van der Waals surface area contributed by atoms with E-state index in [-0.39, 0.29) is 23.2 Å². The number of aromatic nitrogens is 3. The first-order valence-corrected chi connectivity index (χ1v) is 4.55. The van der Waals surface area contributed by atoms with Crippen LogP contribution in [0.25, 0.3) is 5.65 Å². The molecule has 0 aliphatic heterocycles. The van der Waals surface area contributed by atoms with E-state index in [1.54, 1.807) is 6.92 Å². The summed E-state index contributed by atoms with van der Waals surface area (Å²) in [5.74, 6) is 0. The number of H-pyrrole nitrogens is 1. The van der Waals surface area contributed by atoms with E-state index in [9.17, 15) is 4.79 Å². The van der Waals surface area contributed by atoms with Crippen molar-refractivity contribution in [1.29, 1.82) is 10.5 Å². The molecule has 6 heteroatoms. The van der Waals surface area contributed by atoms with Crippen LogP contribution in [0.5, 0.6) is 0 Å². The minimum atomic E-state index is -0.289. The Kier molecular flexibility index (Phi) is 2.19. The van der Waals surface area contributed by atoms with Crippen molar-refractivity contribution in [3.8, 4) is 12.1 Å². The van der Waals surface area contributed by atoms with Gasteiger partial charge in [-0.05, 0) is 6.92 Å². The lowest BCUT2D eigenvalue weighted by Crippen LogP contribution is -2.14. The van der Waals surface area contributed by atoms with Gasteiger partial charge in [0, 0.05) is 11.8 Å². The van der Waals surface area contributed by atoms with Crippen LogP contribution in [0.2, 0.25) is 0 Å². The van der Waals surface area contributed by atoms with Crippen LogP contribution >= 0.6 is 0 Å². The second-order valence-corrected chi connectivity index (χ2v) is 3.31. The summed E-state index contributed by atoms with van der Waals surface area (Å²) in [6.45, 7) is 1.68. The third-order valence-electron chi connectivity index (χ3n) is 2.19. The molecule has 16 heavy (non-hydrogen) atoms. The molecule has 0 bridgehead atoms. The molecule has 0 saturated heterocycles. The molecule has 0 saturated carbocycles. The van der Waals surface area contributed by atoms with Crippen molar-refractivity contribution in [3.63, 3.8) is 0 Å². The second-order valence-electron chi connectivity index (χ2n) is 3.31. The van der Waals surface area contributed by atoms with Crippen molar-refractivity contribution < 1.29 is 0 Å². The van der Waals surface area contributed by atoms with Gasteiger partial charge in [0.05, 0.1) is 18.2 Å². The Hall–Kier alpha value is -2.60. The van der Waals surface area contributed by atoms with Crippen LogP contribution in [0.4, 0.5) is 0 Å². The van der Waals surface area contributed by atoms with Crippen LogP contribution < -0.4 is 5.56 Å². The first-order chi connectivity index (χ1) is 7.67. The van der Waals surface area contributed by atoms with Crippen molar-refractivity contribution in [2.75, 3.05) is 0 Å². The van der Waals surface area contributed by atoms with Crippen LogP contribution in [-0.2, 0) is 6.42 Å². The van der Waals surface area contributed by atoms with E-state index in [4.69, 9.17) is 10.5 Å². The van der Waals surface area contributed by atoms with Gasteiger partial charge in [0.2, 0.25) is 0 Å². The number of nitrogens with zero attached hydrogens (tertiary/aromatic N) is 4. The minimum absolute atomic E-state index is 0.0464. The lowest BCUT2D eigenvalue weighted by Gasteiger charge is -1.93. The molecule has 2 rings (SSSR count). The average Bonchev–Trinajstić information content (AvgIpc) is 2.56. The van der Waals surface area contributed by atoms with E-state index in [2.05, 4.69) is 10.1 Å². The van der Waals surface area contributed by atoms with Crippen molar-refractivity contribution >= 4 is 5.65 Å². The minimum Gasteiger partial charge on any atom is -0.291 e. The SMILES string of the molecule is Cc1cc(=O)n2[nH]c(CC#N)c(C#N)c2n1. The fourth-order valence-electron chi connectivity index (χ4n) is 1.52. The Morgan fingerprint density at radius 1 is 1.56 bits per heavy atom. The predicted molar refractivity (Wildman–Crippen MR) is 54.6 cm³/mol. The quantitative estimate of drug-likeness (QED) is 0.734. The maximum atomic E-state index is 11.6. The number of aromatic amines is 1. The summed E-state index contributed by atoms with van der Waals surface area (Å²) < 4.78 is 1.18. The van der Waals surface area contributed by atoms with Crippen molar-refractivity contribution in [1.82, 2.24) is 14.6 Å². The standard InChI is InChI=1S/C10H7N5O/c1-6-4-9(16)15-10(13-6)7(5-12)8(14-15)2-3-11/h4,14H,2H2,1H3. The highest BCUT2D eigenvalue weighted by molar-refractivity contribution is 5.58. The zero-order chi connectivity index (χ0) is 11.7. The topological polar surface area (TPSA) is 97.7 Å². The van der Waals surface area contributed by atoms with Crippen LogP contribution in [0.3, 0.4) is 0 Å². The zero-order valence-electron chi connectivity index (χ0n) is 8.48. The molecule has 0 fully saturated rings. The Morgan fingerprint density at radius 2 is 2.31 bits per heavy atom. The molecule has 78 valence electrons. The molecule has 2 heterocycles. The summed E-state index contributed by atoms with van der Waals surface area (Å²) >= 11 is 0. The molecule has 1 N–H and O–H groups in total. The number of hydrogen-bond donors (Lipinski definition) is 1. The molecule has 0 unspecified atom stereocenters. The largest absolute Gasteiger partial charge is 0.291 e. The molecule has 2 aromatic heterocycles. The van der Waals surface area contributed by atoms with E-state index in [0.717, 1.165) is 0 Å². The Morgan fingerprint density at radius 3 is 2.94 bits per heavy atom. The Bertz CT molecular complexity index is 695. The van der Waals surface area contributed by atoms with Crippen LogP contribution in [0.15, 0.2) is 10.9 Å². The van der Waals surface area contributed by atoms with Gasteiger partial charge < -0.3 is 0 Å². The molecule has 0 radical (unpaired) electrons. The fourth-order valence-corrected chi connectivity index (χ4v) is 1.52. The normalized spacial score (nSPS) is 9.94. The number of rotatable bonds is 1. The van der Waals surface area contributed by atoms with E-state index < -0.39 is 0 Å². The first kappa shape index (κ1) is 9.94. The van der Waals surface area contributed by atoms with Crippen molar-refractivity contribution in [2.45, 2.75) is 13.3 Å². The molecule has 0 atom stereocenters. The number of nitriles is 2. The number of fused-ring (bicyclic) bond motifs is 1. The molecule has 6 nitrogen and oxygen atoms in total. The zero-order valence-corrected chi connectivity index (χ0v) is 8.48. The summed E-state index contributed by atoms with van der Waals surface area (Å²) in [4.78, 5) is 15.7. The van der Waals surface area contributed by atoms with Crippen LogP contribution in [0, 0.1) is 29.6 Å². The van der Waals surface area contributed by atoms with Gasteiger partial charge in [0.15, 0.2) is 5.65 Å².